The van der Waals surface area contributed by atoms with Gasteiger partial charge in [0.1, 0.15) is 20.2 Å². The minimum absolute atomic E-state index is 0. The Balaban J connectivity index is 0.00000180. The van der Waals surface area contributed by atoms with Gasteiger partial charge in [-0.05, 0) is 12.1 Å². The molecular weight excluding hydrogens is 388 g/mol. The molecule has 1 radical (unpaired) electrons. The Kier molecular flexibility index (Phi) is 4.58. The first kappa shape index (κ1) is 16.3. The van der Waals surface area contributed by atoms with Crippen LogP contribution in [0.3, 0.4) is 0 Å². The van der Waals surface area contributed by atoms with E-state index in [1.165, 1.54) is 24.3 Å². The monoisotopic (exact) mass is 393 g/mol. The van der Waals surface area contributed by atoms with Crippen LogP contribution in [0.1, 0.15) is 0 Å². The summed E-state index contributed by atoms with van der Waals surface area (Å²) < 4.78 is 66.1. The van der Waals surface area contributed by atoms with Gasteiger partial charge >= 0.3 is 0 Å². The maximum Gasteiger partial charge on any atom is 0.125 e. The van der Waals surface area contributed by atoms with Gasteiger partial charge in [0.05, 0.1) is 9.79 Å². The molecule has 19 heavy (non-hydrogen) atoms. The summed E-state index contributed by atoms with van der Waals surface area (Å²) in [7, 11) is -9.48. The molecule has 6 nitrogen and oxygen atoms in total. The summed E-state index contributed by atoms with van der Waals surface area (Å²) in [5.41, 5.74) is 0. The first-order valence-corrected chi connectivity index (χ1v) is 7.46. The van der Waals surface area contributed by atoms with Crippen LogP contribution in [0.15, 0.2) is 46.2 Å². The average Bonchev–Trinajstić information content (AvgIpc) is 2.24. The maximum atomic E-state index is 11.0. The SMILES string of the molecule is O=S(=O)([O-])c1cccc2c(S(=O)(=O)[O-])cccc12.[Ag]. The smallest absolute Gasteiger partial charge is 0.125 e. The van der Waals surface area contributed by atoms with Crippen molar-refractivity contribution in [2.45, 2.75) is 9.79 Å². The van der Waals surface area contributed by atoms with Gasteiger partial charge in [-0.3, -0.25) is 0 Å². The first-order valence-electron chi connectivity index (χ1n) is 4.65. The second-order valence-corrected chi connectivity index (χ2v) is 6.21. The van der Waals surface area contributed by atoms with Gasteiger partial charge in [-0.15, -0.1) is 0 Å². The van der Waals surface area contributed by atoms with Crippen molar-refractivity contribution in [3.63, 3.8) is 0 Å². The molecule has 2 aromatic rings. The quantitative estimate of drug-likeness (QED) is 0.546. The fourth-order valence-electron chi connectivity index (χ4n) is 1.69. The van der Waals surface area contributed by atoms with Crippen LogP contribution >= 0.6 is 0 Å². The zero-order valence-electron chi connectivity index (χ0n) is 9.03. The Morgan fingerprint density at radius 1 is 0.684 bits per heavy atom. The van der Waals surface area contributed by atoms with Crippen molar-refractivity contribution in [1.82, 2.24) is 0 Å². The molecule has 0 aliphatic heterocycles. The molecule has 0 N–H and O–H groups in total. The molecular formula is C10H6AgO6S2-2. The predicted octanol–water partition coefficient (Wildman–Crippen LogP) is 0.646. The van der Waals surface area contributed by atoms with E-state index >= 15 is 0 Å². The van der Waals surface area contributed by atoms with Crippen LogP contribution < -0.4 is 0 Å². The normalized spacial score (nSPS) is 12.1. The Morgan fingerprint density at radius 3 is 1.26 bits per heavy atom. The van der Waals surface area contributed by atoms with Gasteiger partial charge < -0.3 is 9.11 Å². The van der Waals surface area contributed by atoms with Gasteiger partial charge in [0.2, 0.25) is 0 Å². The third-order valence-corrected chi connectivity index (χ3v) is 4.17. The van der Waals surface area contributed by atoms with Gasteiger partial charge in [0.25, 0.3) is 0 Å². The Labute approximate surface area is 125 Å². The number of fused-ring (bicyclic) bond motifs is 1. The second kappa shape index (κ2) is 5.33. The summed E-state index contributed by atoms with van der Waals surface area (Å²) in [5, 5.41) is -0.158. The van der Waals surface area contributed by atoms with Crippen LogP contribution in [0, 0.1) is 0 Å². The molecule has 9 heteroatoms. The molecule has 0 aliphatic carbocycles. The van der Waals surface area contributed by atoms with E-state index in [1.807, 2.05) is 0 Å². The van der Waals surface area contributed by atoms with Crippen molar-refractivity contribution in [3.8, 4) is 0 Å². The molecule has 2 aromatic carbocycles. The van der Waals surface area contributed by atoms with Crippen molar-refractivity contribution in [2.75, 3.05) is 0 Å². The van der Waals surface area contributed by atoms with Gasteiger partial charge in [-0.2, -0.15) is 0 Å². The molecule has 0 unspecified atom stereocenters. The Morgan fingerprint density at radius 2 is 1.00 bits per heavy atom. The summed E-state index contributed by atoms with van der Waals surface area (Å²) in [6.07, 6.45) is 0. The fraction of sp³-hybridized carbons (Fsp3) is 0. The van der Waals surface area contributed by atoms with E-state index in [0.717, 1.165) is 12.1 Å². The zero-order chi connectivity index (χ0) is 13.6. The van der Waals surface area contributed by atoms with Crippen LogP contribution in [-0.2, 0) is 42.6 Å². The molecule has 0 saturated carbocycles. The molecule has 107 valence electrons. The molecule has 0 heterocycles. The van der Waals surface area contributed by atoms with E-state index in [1.54, 1.807) is 0 Å². The predicted molar refractivity (Wildman–Crippen MR) is 59.9 cm³/mol. The van der Waals surface area contributed by atoms with E-state index in [9.17, 15) is 25.9 Å². The standard InChI is InChI=1S/C10H8O6S2.Ag/c11-17(12,13)9-5-1-3-7-8(9)4-2-6-10(7)18(14,15)16;/h1-6H,(H,11,12,13)(H,14,15,16);/p-2. The van der Waals surface area contributed by atoms with Crippen molar-refractivity contribution in [2.24, 2.45) is 0 Å². The number of rotatable bonds is 2. The third-order valence-electron chi connectivity index (χ3n) is 2.38. The molecule has 0 aromatic heterocycles. The molecule has 0 aliphatic rings. The van der Waals surface area contributed by atoms with Crippen LogP contribution in [0.2, 0.25) is 0 Å². The van der Waals surface area contributed by atoms with E-state index in [-0.39, 0.29) is 33.2 Å². The van der Waals surface area contributed by atoms with Crippen molar-refractivity contribution in [3.05, 3.63) is 36.4 Å². The molecule has 2 rings (SSSR count). The number of hydrogen-bond donors (Lipinski definition) is 0. The van der Waals surface area contributed by atoms with Gasteiger partial charge in [-0.25, -0.2) is 16.8 Å². The molecule has 0 bridgehead atoms. The summed E-state index contributed by atoms with van der Waals surface area (Å²) in [4.78, 5) is -1.10. The number of benzene rings is 2. The largest absolute Gasteiger partial charge is 0.744 e. The van der Waals surface area contributed by atoms with Crippen molar-refractivity contribution < 1.29 is 48.3 Å². The minimum Gasteiger partial charge on any atom is -0.744 e. The Bertz CT molecular complexity index is 755. The van der Waals surface area contributed by atoms with Gasteiger partial charge in [-0.1, -0.05) is 24.3 Å². The summed E-state index contributed by atoms with van der Waals surface area (Å²) in [6, 6.07) is 7.09. The van der Waals surface area contributed by atoms with Crippen LogP contribution in [0.5, 0.6) is 0 Å². The molecule has 0 amide bonds. The average molecular weight is 394 g/mol. The summed E-state index contributed by atoms with van der Waals surface area (Å²) in [6.45, 7) is 0. The van der Waals surface area contributed by atoms with Crippen LogP contribution in [-0.4, -0.2) is 25.9 Å². The third kappa shape index (κ3) is 3.23. The van der Waals surface area contributed by atoms with E-state index in [0.29, 0.717) is 0 Å². The maximum absolute atomic E-state index is 11.0. The fourth-order valence-corrected chi connectivity index (χ4v) is 3.07. The zero-order valence-corrected chi connectivity index (χ0v) is 12.1. The first-order chi connectivity index (χ1) is 8.21. The van der Waals surface area contributed by atoms with Crippen molar-refractivity contribution in [1.29, 1.82) is 0 Å². The summed E-state index contributed by atoms with van der Waals surface area (Å²) >= 11 is 0. The topological polar surface area (TPSA) is 114 Å². The molecule has 0 fully saturated rings. The second-order valence-electron chi connectivity index (χ2n) is 3.52. The molecule has 0 spiro atoms. The van der Waals surface area contributed by atoms with Crippen LogP contribution in [0.4, 0.5) is 0 Å². The minimum atomic E-state index is -4.74. The van der Waals surface area contributed by atoms with E-state index in [4.69, 9.17) is 0 Å². The summed E-state index contributed by atoms with van der Waals surface area (Å²) in [5.74, 6) is 0. The number of hydrogen-bond acceptors (Lipinski definition) is 6. The van der Waals surface area contributed by atoms with Gasteiger partial charge in [0, 0.05) is 33.2 Å². The Hall–Kier alpha value is -0.740. The van der Waals surface area contributed by atoms with Gasteiger partial charge in [0.15, 0.2) is 0 Å². The molecule has 0 saturated heterocycles. The van der Waals surface area contributed by atoms with E-state index < -0.39 is 30.0 Å². The van der Waals surface area contributed by atoms with Crippen LogP contribution in [0.25, 0.3) is 10.8 Å². The molecule has 0 atom stereocenters. The van der Waals surface area contributed by atoms with E-state index in [2.05, 4.69) is 0 Å². The van der Waals surface area contributed by atoms with Crippen molar-refractivity contribution >= 4 is 31.0 Å².